The molecule has 0 radical (unpaired) electrons. The summed E-state index contributed by atoms with van der Waals surface area (Å²) in [6.45, 7) is 1.55. The standard InChI is InChI=1S/C17H14ClNO3/c1-10(15(20)11-5-3-2-4-6-11)17(22)13-9-12(18)7-8-14(13)19-16(17)21/h2-10,22H,1H3,(H,19,21)/t10-,17-/m0/s1. The first kappa shape index (κ1) is 14.8. The van der Waals surface area contributed by atoms with Gasteiger partial charge in [0.05, 0.1) is 5.92 Å². The molecule has 0 spiro atoms. The predicted octanol–water partition coefficient (Wildman–Crippen LogP) is 3.00. The molecule has 1 heterocycles. The molecule has 112 valence electrons. The van der Waals surface area contributed by atoms with Crippen LogP contribution in [0.2, 0.25) is 5.02 Å². The number of hydrogen-bond acceptors (Lipinski definition) is 3. The molecule has 2 N–H and O–H groups in total. The minimum Gasteiger partial charge on any atom is -0.375 e. The summed E-state index contributed by atoms with van der Waals surface area (Å²) in [6.07, 6.45) is 0. The van der Waals surface area contributed by atoms with Crippen molar-refractivity contribution >= 4 is 29.0 Å². The molecule has 0 aliphatic carbocycles. The van der Waals surface area contributed by atoms with Crippen LogP contribution in [0.15, 0.2) is 48.5 Å². The molecule has 0 bridgehead atoms. The van der Waals surface area contributed by atoms with Crippen molar-refractivity contribution < 1.29 is 14.7 Å². The van der Waals surface area contributed by atoms with Crippen LogP contribution in [0.4, 0.5) is 5.69 Å². The van der Waals surface area contributed by atoms with E-state index < -0.39 is 17.4 Å². The molecule has 4 nitrogen and oxygen atoms in total. The Kier molecular flexibility index (Phi) is 3.51. The van der Waals surface area contributed by atoms with Gasteiger partial charge in [-0.1, -0.05) is 48.9 Å². The number of benzene rings is 2. The molecule has 2 aromatic rings. The van der Waals surface area contributed by atoms with E-state index in [1.165, 1.54) is 6.07 Å². The number of amides is 1. The van der Waals surface area contributed by atoms with Gasteiger partial charge in [-0.25, -0.2) is 0 Å². The summed E-state index contributed by atoms with van der Waals surface area (Å²) >= 11 is 5.96. The number of nitrogens with one attached hydrogen (secondary N) is 1. The van der Waals surface area contributed by atoms with Crippen molar-refractivity contribution in [3.8, 4) is 0 Å². The molecule has 1 aliphatic heterocycles. The lowest BCUT2D eigenvalue weighted by atomic mass is 9.79. The summed E-state index contributed by atoms with van der Waals surface area (Å²) in [7, 11) is 0. The van der Waals surface area contributed by atoms with E-state index in [1.54, 1.807) is 49.4 Å². The second kappa shape index (κ2) is 5.23. The summed E-state index contributed by atoms with van der Waals surface area (Å²) < 4.78 is 0. The van der Waals surface area contributed by atoms with Crippen molar-refractivity contribution in [2.24, 2.45) is 5.92 Å². The number of hydrogen-bond donors (Lipinski definition) is 2. The van der Waals surface area contributed by atoms with Crippen molar-refractivity contribution in [3.63, 3.8) is 0 Å². The lowest BCUT2D eigenvalue weighted by molar-refractivity contribution is -0.137. The van der Waals surface area contributed by atoms with Gasteiger partial charge in [0.25, 0.3) is 5.91 Å². The van der Waals surface area contributed by atoms with Gasteiger partial charge in [0.1, 0.15) is 0 Å². The lowest BCUT2D eigenvalue weighted by Gasteiger charge is -2.27. The zero-order valence-corrected chi connectivity index (χ0v) is 12.6. The highest BCUT2D eigenvalue weighted by molar-refractivity contribution is 6.31. The largest absolute Gasteiger partial charge is 0.375 e. The Balaban J connectivity index is 2.05. The van der Waals surface area contributed by atoms with Crippen molar-refractivity contribution in [1.82, 2.24) is 0 Å². The Bertz CT molecular complexity index is 760. The summed E-state index contributed by atoms with van der Waals surface area (Å²) in [5, 5.41) is 13.9. The Labute approximate surface area is 132 Å². The zero-order valence-electron chi connectivity index (χ0n) is 11.8. The van der Waals surface area contributed by atoms with Gasteiger partial charge >= 0.3 is 0 Å². The molecule has 3 rings (SSSR count). The quantitative estimate of drug-likeness (QED) is 0.856. The number of fused-ring (bicyclic) bond motifs is 1. The van der Waals surface area contributed by atoms with Crippen LogP contribution in [0.25, 0.3) is 0 Å². The van der Waals surface area contributed by atoms with Gasteiger partial charge in [0.15, 0.2) is 11.4 Å². The molecule has 0 saturated heterocycles. The first-order chi connectivity index (χ1) is 10.4. The number of ketones is 1. The topological polar surface area (TPSA) is 66.4 Å². The number of rotatable bonds is 3. The van der Waals surface area contributed by atoms with Crippen molar-refractivity contribution in [1.29, 1.82) is 0 Å². The zero-order chi connectivity index (χ0) is 15.9. The molecule has 2 aromatic carbocycles. The monoisotopic (exact) mass is 315 g/mol. The average Bonchev–Trinajstić information content (AvgIpc) is 2.79. The highest BCUT2D eigenvalue weighted by Crippen LogP contribution is 2.43. The molecule has 0 fully saturated rings. The first-order valence-corrected chi connectivity index (χ1v) is 7.25. The van der Waals surface area contributed by atoms with Gasteiger partial charge in [-0.3, -0.25) is 9.59 Å². The smallest absolute Gasteiger partial charge is 0.261 e. The van der Waals surface area contributed by atoms with Crippen LogP contribution in [0.5, 0.6) is 0 Å². The molecule has 0 saturated carbocycles. The maximum absolute atomic E-state index is 12.6. The molecule has 5 heteroatoms. The Morgan fingerprint density at radius 3 is 2.59 bits per heavy atom. The minimum atomic E-state index is -1.92. The molecule has 0 unspecified atom stereocenters. The van der Waals surface area contributed by atoms with E-state index in [0.29, 0.717) is 21.8 Å². The number of aliphatic hydroxyl groups is 1. The van der Waals surface area contributed by atoms with Crippen molar-refractivity contribution in [2.45, 2.75) is 12.5 Å². The summed E-state index contributed by atoms with van der Waals surface area (Å²) in [5.41, 5.74) is -0.661. The van der Waals surface area contributed by atoms with Crippen LogP contribution in [0.1, 0.15) is 22.8 Å². The first-order valence-electron chi connectivity index (χ1n) is 6.87. The van der Waals surface area contributed by atoms with Gasteiger partial charge in [-0.2, -0.15) is 0 Å². The lowest BCUT2D eigenvalue weighted by Crippen LogP contribution is -2.44. The van der Waals surface area contributed by atoms with Crippen LogP contribution in [0, 0.1) is 5.92 Å². The predicted molar refractivity (Wildman–Crippen MR) is 83.9 cm³/mol. The average molecular weight is 316 g/mol. The third-order valence-corrected chi connectivity index (χ3v) is 4.30. The van der Waals surface area contributed by atoms with Gasteiger partial charge in [-0.05, 0) is 18.2 Å². The van der Waals surface area contributed by atoms with Crippen LogP contribution >= 0.6 is 11.6 Å². The van der Waals surface area contributed by atoms with Crippen LogP contribution < -0.4 is 5.32 Å². The van der Waals surface area contributed by atoms with E-state index in [0.717, 1.165) is 0 Å². The third kappa shape index (κ3) is 2.12. The molecular formula is C17H14ClNO3. The summed E-state index contributed by atoms with van der Waals surface area (Å²) in [4.78, 5) is 24.9. The normalized spacial score (nSPS) is 21.1. The molecule has 22 heavy (non-hydrogen) atoms. The van der Waals surface area contributed by atoms with E-state index in [1.807, 2.05) is 0 Å². The van der Waals surface area contributed by atoms with Gasteiger partial charge in [0.2, 0.25) is 0 Å². The van der Waals surface area contributed by atoms with Crippen LogP contribution in [0.3, 0.4) is 0 Å². The molecule has 1 amide bonds. The maximum atomic E-state index is 12.6. The Morgan fingerprint density at radius 1 is 1.23 bits per heavy atom. The highest BCUT2D eigenvalue weighted by atomic mass is 35.5. The van der Waals surface area contributed by atoms with Gasteiger partial charge in [-0.15, -0.1) is 0 Å². The van der Waals surface area contributed by atoms with Crippen LogP contribution in [-0.2, 0) is 10.4 Å². The molecule has 1 aliphatic rings. The maximum Gasteiger partial charge on any atom is 0.261 e. The third-order valence-electron chi connectivity index (χ3n) is 4.06. The second-order valence-corrected chi connectivity index (χ2v) is 5.80. The minimum absolute atomic E-state index is 0.300. The van der Waals surface area contributed by atoms with Crippen molar-refractivity contribution in [3.05, 3.63) is 64.7 Å². The number of Topliss-reactive ketones (excluding diaryl/α,β-unsaturated/α-hetero) is 1. The molecule has 0 aromatic heterocycles. The molecular weight excluding hydrogens is 302 g/mol. The van der Waals surface area contributed by atoms with E-state index in [4.69, 9.17) is 11.6 Å². The number of anilines is 1. The van der Waals surface area contributed by atoms with E-state index in [2.05, 4.69) is 5.32 Å². The Morgan fingerprint density at radius 2 is 1.91 bits per heavy atom. The van der Waals surface area contributed by atoms with Gasteiger partial charge in [0, 0.05) is 21.8 Å². The van der Waals surface area contributed by atoms with Crippen LogP contribution in [-0.4, -0.2) is 16.8 Å². The SMILES string of the molecule is C[C@@H](C(=O)c1ccccc1)[C@@]1(O)C(=O)Nc2ccc(Cl)cc21. The molecule has 2 atom stereocenters. The Hall–Kier alpha value is -2.17. The summed E-state index contributed by atoms with van der Waals surface area (Å²) in [5.74, 6) is -1.85. The number of carbonyl (C=O) groups excluding carboxylic acids is 2. The second-order valence-electron chi connectivity index (χ2n) is 5.36. The van der Waals surface area contributed by atoms with E-state index >= 15 is 0 Å². The fourth-order valence-corrected chi connectivity index (χ4v) is 2.92. The number of halogens is 1. The van der Waals surface area contributed by atoms with Gasteiger partial charge < -0.3 is 10.4 Å². The van der Waals surface area contributed by atoms with Crippen molar-refractivity contribution in [2.75, 3.05) is 5.32 Å². The number of carbonyl (C=O) groups is 2. The van der Waals surface area contributed by atoms with E-state index in [-0.39, 0.29) is 5.78 Å². The van der Waals surface area contributed by atoms with E-state index in [9.17, 15) is 14.7 Å². The fraction of sp³-hybridized carbons (Fsp3) is 0.176. The highest BCUT2D eigenvalue weighted by Gasteiger charge is 2.52. The summed E-state index contributed by atoms with van der Waals surface area (Å²) in [6, 6.07) is 13.4. The fourth-order valence-electron chi connectivity index (χ4n) is 2.75.